The molecule has 0 spiro atoms. The summed E-state index contributed by atoms with van der Waals surface area (Å²) in [7, 11) is 0. The number of rotatable bonds is 4. The summed E-state index contributed by atoms with van der Waals surface area (Å²) in [6.45, 7) is 6.14. The van der Waals surface area contributed by atoms with E-state index in [0.717, 1.165) is 11.9 Å². The molecular weight excluding hydrogens is 124 g/mol. The summed E-state index contributed by atoms with van der Waals surface area (Å²) in [5.74, 6) is 0.551. The summed E-state index contributed by atoms with van der Waals surface area (Å²) in [5.41, 5.74) is 0.848. The van der Waals surface area contributed by atoms with E-state index in [0.29, 0.717) is 5.92 Å². The SMILES string of the molecule is CCCC(C)/C=C(\C)C=O. The Morgan fingerprint density at radius 1 is 1.60 bits per heavy atom. The summed E-state index contributed by atoms with van der Waals surface area (Å²) in [5, 5.41) is 0. The maximum atomic E-state index is 10.2. The van der Waals surface area contributed by atoms with Crippen LogP contribution >= 0.6 is 0 Å². The molecule has 0 aromatic rings. The number of aldehydes is 1. The van der Waals surface area contributed by atoms with Gasteiger partial charge in [0.05, 0.1) is 0 Å². The van der Waals surface area contributed by atoms with E-state index in [-0.39, 0.29) is 0 Å². The molecule has 0 bridgehead atoms. The molecule has 0 radical (unpaired) electrons. The number of allylic oxidation sites excluding steroid dienone is 2. The third-order valence-electron chi connectivity index (χ3n) is 1.48. The van der Waals surface area contributed by atoms with Crippen molar-refractivity contribution in [2.24, 2.45) is 5.92 Å². The zero-order valence-corrected chi connectivity index (χ0v) is 7.05. The van der Waals surface area contributed by atoms with Gasteiger partial charge in [-0.25, -0.2) is 0 Å². The van der Waals surface area contributed by atoms with Gasteiger partial charge in [0, 0.05) is 0 Å². The maximum Gasteiger partial charge on any atom is 0.145 e. The van der Waals surface area contributed by atoms with Gasteiger partial charge >= 0.3 is 0 Å². The minimum atomic E-state index is 0.551. The normalized spacial score (nSPS) is 14.9. The monoisotopic (exact) mass is 140 g/mol. The molecular formula is C9H16O. The fourth-order valence-corrected chi connectivity index (χ4v) is 1.03. The molecule has 0 aliphatic carbocycles. The first-order chi connectivity index (χ1) is 4.70. The van der Waals surface area contributed by atoms with Crippen molar-refractivity contribution in [2.45, 2.75) is 33.6 Å². The Kier molecular flexibility index (Phi) is 4.91. The first-order valence-corrected chi connectivity index (χ1v) is 3.84. The number of carbonyl (C=O) groups excluding carboxylic acids is 1. The molecule has 0 aromatic heterocycles. The molecule has 0 saturated heterocycles. The predicted octanol–water partition coefficient (Wildman–Crippen LogP) is 2.57. The first-order valence-electron chi connectivity index (χ1n) is 3.84. The van der Waals surface area contributed by atoms with Crippen molar-refractivity contribution in [1.29, 1.82) is 0 Å². The van der Waals surface area contributed by atoms with Crippen molar-refractivity contribution in [3.05, 3.63) is 11.6 Å². The third-order valence-corrected chi connectivity index (χ3v) is 1.48. The van der Waals surface area contributed by atoms with Crippen LogP contribution < -0.4 is 0 Å². The lowest BCUT2D eigenvalue weighted by Crippen LogP contribution is -1.90. The van der Waals surface area contributed by atoms with E-state index in [4.69, 9.17) is 0 Å². The van der Waals surface area contributed by atoms with Crippen LogP contribution in [0.25, 0.3) is 0 Å². The van der Waals surface area contributed by atoms with Crippen LogP contribution in [-0.2, 0) is 4.79 Å². The van der Waals surface area contributed by atoms with Gasteiger partial charge in [-0.3, -0.25) is 4.79 Å². The van der Waals surface area contributed by atoms with Gasteiger partial charge < -0.3 is 0 Å². The molecule has 1 unspecified atom stereocenters. The van der Waals surface area contributed by atoms with Gasteiger partial charge in [-0.15, -0.1) is 0 Å². The second-order valence-electron chi connectivity index (χ2n) is 2.79. The molecule has 58 valence electrons. The van der Waals surface area contributed by atoms with Gasteiger partial charge in [-0.05, 0) is 24.8 Å². The van der Waals surface area contributed by atoms with Gasteiger partial charge in [0.2, 0.25) is 0 Å². The van der Waals surface area contributed by atoms with Crippen LogP contribution in [0.15, 0.2) is 11.6 Å². The Balaban J connectivity index is 3.73. The van der Waals surface area contributed by atoms with Gasteiger partial charge in [0.1, 0.15) is 6.29 Å². The highest BCUT2D eigenvalue weighted by Crippen LogP contribution is 2.07. The van der Waals surface area contributed by atoms with Crippen LogP contribution in [0.1, 0.15) is 33.6 Å². The largest absolute Gasteiger partial charge is 0.298 e. The molecule has 1 atom stereocenters. The average molecular weight is 140 g/mol. The number of carbonyl (C=O) groups is 1. The molecule has 0 fully saturated rings. The molecule has 0 aliphatic rings. The van der Waals surface area contributed by atoms with Crippen molar-refractivity contribution >= 4 is 6.29 Å². The van der Waals surface area contributed by atoms with Crippen LogP contribution in [0.5, 0.6) is 0 Å². The molecule has 0 aromatic carbocycles. The van der Waals surface area contributed by atoms with E-state index < -0.39 is 0 Å². The molecule has 0 saturated carbocycles. The number of hydrogen-bond acceptors (Lipinski definition) is 1. The summed E-state index contributed by atoms with van der Waals surface area (Å²) >= 11 is 0. The fraction of sp³-hybridized carbons (Fsp3) is 0.667. The average Bonchev–Trinajstić information content (AvgIpc) is 1.88. The summed E-state index contributed by atoms with van der Waals surface area (Å²) < 4.78 is 0. The highest BCUT2D eigenvalue weighted by molar-refractivity contribution is 5.72. The van der Waals surface area contributed by atoms with E-state index >= 15 is 0 Å². The van der Waals surface area contributed by atoms with E-state index in [1.165, 1.54) is 12.8 Å². The Hall–Kier alpha value is -0.590. The van der Waals surface area contributed by atoms with Crippen LogP contribution in [0.4, 0.5) is 0 Å². The fourth-order valence-electron chi connectivity index (χ4n) is 1.03. The lowest BCUT2D eigenvalue weighted by molar-refractivity contribution is -0.104. The van der Waals surface area contributed by atoms with Crippen LogP contribution in [0.2, 0.25) is 0 Å². The Morgan fingerprint density at radius 3 is 2.60 bits per heavy atom. The molecule has 1 nitrogen and oxygen atoms in total. The van der Waals surface area contributed by atoms with Crippen LogP contribution in [0.3, 0.4) is 0 Å². The topological polar surface area (TPSA) is 17.1 Å². The molecule has 0 amide bonds. The van der Waals surface area contributed by atoms with Gasteiger partial charge in [-0.2, -0.15) is 0 Å². The lowest BCUT2D eigenvalue weighted by atomic mass is 10.0. The standard InChI is InChI=1S/C9H16O/c1-4-5-8(2)6-9(3)7-10/h6-8H,4-5H2,1-3H3/b9-6+. The van der Waals surface area contributed by atoms with Crippen molar-refractivity contribution in [1.82, 2.24) is 0 Å². The molecule has 0 aliphatic heterocycles. The van der Waals surface area contributed by atoms with Crippen molar-refractivity contribution < 1.29 is 4.79 Å². The van der Waals surface area contributed by atoms with E-state index in [9.17, 15) is 4.79 Å². The predicted molar refractivity (Wildman–Crippen MR) is 43.9 cm³/mol. The second-order valence-corrected chi connectivity index (χ2v) is 2.79. The number of hydrogen-bond donors (Lipinski definition) is 0. The van der Waals surface area contributed by atoms with Gasteiger partial charge in [-0.1, -0.05) is 26.3 Å². The van der Waals surface area contributed by atoms with E-state index in [2.05, 4.69) is 13.8 Å². The smallest absolute Gasteiger partial charge is 0.145 e. The van der Waals surface area contributed by atoms with Gasteiger partial charge in [0.25, 0.3) is 0 Å². The molecule has 0 N–H and O–H groups in total. The lowest BCUT2D eigenvalue weighted by Gasteiger charge is -2.02. The zero-order valence-electron chi connectivity index (χ0n) is 7.05. The third kappa shape index (κ3) is 4.30. The van der Waals surface area contributed by atoms with Crippen molar-refractivity contribution in [2.75, 3.05) is 0 Å². The minimum Gasteiger partial charge on any atom is -0.298 e. The summed E-state index contributed by atoms with van der Waals surface area (Å²) in [4.78, 5) is 10.2. The summed E-state index contributed by atoms with van der Waals surface area (Å²) in [6.07, 6.45) is 5.29. The van der Waals surface area contributed by atoms with Crippen LogP contribution in [0, 0.1) is 5.92 Å². The molecule has 0 heterocycles. The maximum absolute atomic E-state index is 10.2. The van der Waals surface area contributed by atoms with Crippen LogP contribution in [-0.4, -0.2) is 6.29 Å². The zero-order chi connectivity index (χ0) is 7.98. The summed E-state index contributed by atoms with van der Waals surface area (Å²) in [6, 6.07) is 0. The van der Waals surface area contributed by atoms with E-state index in [1.54, 1.807) is 0 Å². The minimum absolute atomic E-state index is 0.551. The highest BCUT2D eigenvalue weighted by Gasteiger charge is 1.95. The van der Waals surface area contributed by atoms with Gasteiger partial charge in [0.15, 0.2) is 0 Å². The second kappa shape index (κ2) is 5.21. The molecule has 0 rings (SSSR count). The Bertz CT molecular complexity index is 125. The quantitative estimate of drug-likeness (QED) is 0.433. The highest BCUT2D eigenvalue weighted by atomic mass is 16.1. The molecule has 1 heteroatoms. The first kappa shape index (κ1) is 9.41. The Labute approximate surface area is 63.1 Å². The molecule has 10 heavy (non-hydrogen) atoms. The van der Waals surface area contributed by atoms with Crippen molar-refractivity contribution in [3.63, 3.8) is 0 Å². The van der Waals surface area contributed by atoms with Crippen molar-refractivity contribution in [3.8, 4) is 0 Å². The Morgan fingerprint density at radius 2 is 2.20 bits per heavy atom. The van der Waals surface area contributed by atoms with E-state index in [1.807, 2.05) is 13.0 Å².